The monoisotopic (exact) mass is 380 g/mol. The van der Waals surface area contributed by atoms with Gasteiger partial charge in [0.25, 0.3) is 0 Å². The molecule has 1 atom stereocenters. The lowest BCUT2D eigenvalue weighted by Gasteiger charge is -2.33. The molecule has 28 heavy (non-hydrogen) atoms. The maximum Gasteiger partial charge on any atom is 0.227 e. The summed E-state index contributed by atoms with van der Waals surface area (Å²) in [4.78, 5) is 23.3. The number of carbonyl (C=O) groups excluding carboxylic acids is 1. The lowest BCUT2D eigenvalue weighted by Crippen LogP contribution is -2.40. The molecule has 1 aliphatic heterocycles. The molecule has 1 amide bonds. The van der Waals surface area contributed by atoms with Crippen LogP contribution in [-0.2, 0) is 11.2 Å². The summed E-state index contributed by atoms with van der Waals surface area (Å²) in [5.41, 5.74) is 3.31. The minimum absolute atomic E-state index is 0.0439. The van der Waals surface area contributed by atoms with Gasteiger partial charge in [0.05, 0.1) is 23.4 Å². The first-order chi connectivity index (χ1) is 13.6. The number of aryl methyl sites for hydroxylation is 1. The van der Waals surface area contributed by atoms with Crippen molar-refractivity contribution in [1.82, 2.24) is 20.0 Å². The van der Waals surface area contributed by atoms with Crippen molar-refractivity contribution in [2.75, 3.05) is 13.1 Å². The van der Waals surface area contributed by atoms with Crippen molar-refractivity contribution in [1.29, 1.82) is 0 Å². The highest BCUT2D eigenvalue weighted by Gasteiger charge is 2.28. The molecule has 0 radical (unpaired) electrons. The minimum atomic E-state index is -0.298. The van der Waals surface area contributed by atoms with E-state index in [1.54, 1.807) is 18.3 Å². The fourth-order valence-electron chi connectivity index (χ4n) is 3.66. The summed E-state index contributed by atoms with van der Waals surface area (Å²) in [6.45, 7) is 3.18. The fraction of sp³-hybridized carbons (Fsp3) is 0.333. The average Bonchev–Trinajstić information content (AvgIpc) is 3.16. The number of aromatic nitrogens is 3. The van der Waals surface area contributed by atoms with Gasteiger partial charge in [-0.05, 0) is 37.5 Å². The third-order valence-electron chi connectivity index (χ3n) is 5.07. The second-order valence-electron chi connectivity index (χ2n) is 7.14. The van der Waals surface area contributed by atoms with E-state index >= 15 is 0 Å². The summed E-state index contributed by atoms with van der Waals surface area (Å²) in [7, 11) is 0. The van der Waals surface area contributed by atoms with Gasteiger partial charge in [0, 0.05) is 31.3 Å². The van der Waals surface area contributed by atoms with Crippen molar-refractivity contribution in [3.8, 4) is 11.3 Å². The van der Waals surface area contributed by atoms with Crippen LogP contribution in [0.4, 0.5) is 4.39 Å². The molecular weight excluding hydrogens is 359 g/mol. The van der Waals surface area contributed by atoms with Crippen molar-refractivity contribution in [2.24, 2.45) is 0 Å². The highest BCUT2D eigenvalue weighted by molar-refractivity contribution is 5.79. The zero-order chi connectivity index (χ0) is 19.5. The highest BCUT2D eigenvalue weighted by Crippen LogP contribution is 2.33. The molecule has 1 fully saturated rings. The molecule has 1 saturated heterocycles. The average molecular weight is 380 g/mol. The van der Waals surface area contributed by atoms with Crippen LogP contribution in [0.2, 0.25) is 0 Å². The van der Waals surface area contributed by atoms with Crippen molar-refractivity contribution in [2.45, 2.75) is 32.1 Å². The van der Waals surface area contributed by atoms with Gasteiger partial charge in [0.1, 0.15) is 12.1 Å². The molecule has 1 aromatic carbocycles. The molecule has 0 spiro atoms. The predicted octanol–water partition coefficient (Wildman–Crippen LogP) is 3.53. The number of amides is 1. The van der Waals surface area contributed by atoms with Crippen LogP contribution in [0.1, 0.15) is 35.7 Å². The Hall–Kier alpha value is -3.09. The molecule has 7 heteroatoms. The highest BCUT2D eigenvalue weighted by atomic mass is 19.1. The van der Waals surface area contributed by atoms with Crippen LogP contribution in [0.25, 0.3) is 11.3 Å². The van der Waals surface area contributed by atoms with Crippen molar-refractivity contribution in [3.63, 3.8) is 0 Å². The van der Waals surface area contributed by atoms with Gasteiger partial charge in [-0.1, -0.05) is 17.3 Å². The Bertz CT molecular complexity index is 971. The van der Waals surface area contributed by atoms with Gasteiger partial charge < -0.3 is 9.42 Å². The van der Waals surface area contributed by atoms with E-state index in [9.17, 15) is 9.18 Å². The molecule has 6 nitrogen and oxygen atoms in total. The Labute approximate surface area is 162 Å². The van der Waals surface area contributed by atoms with Gasteiger partial charge in [-0.2, -0.15) is 0 Å². The standard InChI is InChI=1S/C21H21FN4O2/c1-14-9-19(28-25-14)18-11-23-13-24-21(18)16-3-2-8-26(12-16)20(27)10-15-4-6-17(22)7-5-15/h4-7,9,11,13,16H,2-3,8,10,12H2,1H3/t16-/m0/s1. The van der Waals surface area contributed by atoms with E-state index in [0.717, 1.165) is 41.9 Å². The summed E-state index contributed by atoms with van der Waals surface area (Å²) >= 11 is 0. The molecule has 2 aromatic heterocycles. The topological polar surface area (TPSA) is 72.1 Å². The molecule has 0 N–H and O–H groups in total. The van der Waals surface area contributed by atoms with Crippen LogP contribution in [0.3, 0.4) is 0 Å². The molecule has 0 unspecified atom stereocenters. The van der Waals surface area contributed by atoms with Crippen LogP contribution in [0.15, 0.2) is 47.4 Å². The van der Waals surface area contributed by atoms with E-state index in [1.807, 2.05) is 17.9 Å². The van der Waals surface area contributed by atoms with Gasteiger partial charge in [-0.3, -0.25) is 4.79 Å². The smallest absolute Gasteiger partial charge is 0.227 e. The van der Waals surface area contributed by atoms with Gasteiger partial charge in [-0.25, -0.2) is 14.4 Å². The molecule has 1 aliphatic rings. The van der Waals surface area contributed by atoms with Crippen LogP contribution < -0.4 is 0 Å². The molecular formula is C21H21FN4O2. The minimum Gasteiger partial charge on any atom is -0.356 e. The van der Waals surface area contributed by atoms with Crippen molar-refractivity contribution < 1.29 is 13.7 Å². The number of halogens is 1. The van der Waals surface area contributed by atoms with E-state index in [-0.39, 0.29) is 24.1 Å². The molecule has 144 valence electrons. The first-order valence-electron chi connectivity index (χ1n) is 9.36. The number of carbonyl (C=O) groups is 1. The lowest BCUT2D eigenvalue weighted by molar-refractivity contribution is -0.131. The lowest BCUT2D eigenvalue weighted by atomic mass is 9.91. The van der Waals surface area contributed by atoms with E-state index < -0.39 is 0 Å². The summed E-state index contributed by atoms with van der Waals surface area (Å²) in [5, 5.41) is 3.95. The largest absolute Gasteiger partial charge is 0.356 e. The summed E-state index contributed by atoms with van der Waals surface area (Å²) < 4.78 is 18.5. The summed E-state index contributed by atoms with van der Waals surface area (Å²) in [5.74, 6) is 0.493. The first kappa shape index (κ1) is 18.3. The number of benzene rings is 1. The fourth-order valence-corrected chi connectivity index (χ4v) is 3.66. The Morgan fingerprint density at radius 2 is 2.14 bits per heavy atom. The molecule has 4 rings (SSSR count). The van der Waals surface area contributed by atoms with E-state index in [1.165, 1.54) is 18.5 Å². The number of hydrogen-bond donors (Lipinski definition) is 0. The van der Waals surface area contributed by atoms with Crippen molar-refractivity contribution in [3.05, 3.63) is 65.6 Å². The Morgan fingerprint density at radius 3 is 2.89 bits per heavy atom. The number of rotatable bonds is 4. The number of nitrogens with zero attached hydrogens (tertiary/aromatic N) is 4. The van der Waals surface area contributed by atoms with Crippen molar-refractivity contribution >= 4 is 5.91 Å². The Morgan fingerprint density at radius 1 is 1.32 bits per heavy atom. The second-order valence-corrected chi connectivity index (χ2v) is 7.14. The van der Waals surface area contributed by atoms with Gasteiger partial charge in [0.15, 0.2) is 5.76 Å². The van der Waals surface area contributed by atoms with E-state index in [2.05, 4.69) is 15.1 Å². The third-order valence-corrected chi connectivity index (χ3v) is 5.07. The Balaban J connectivity index is 1.51. The molecule has 0 aliphatic carbocycles. The second kappa shape index (κ2) is 7.88. The number of hydrogen-bond acceptors (Lipinski definition) is 5. The normalized spacial score (nSPS) is 16.9. The molecule has 0 saturated carbocycles. The zero-order valence-electron chi connectivity index (χ0n) is 15.6. The SMILES string of the molecule is Cc1cc(-c2cncnc2[C@H]2CCCN(C(=O)Cc3ccc(F)cc3)C2)on1. The molecule has 3 heterocycles. The van der Waals surface area contributed by atoms with E-state index in [4.69, 9.17) is 4.52 Å². The van der Waals surface area contributed by atoms with Crippen LogP contribution in [0, 0.1) is 12.7 Å². The van der Waals surface area contributed by atoms with Gasteiger partial charge in [-0.15, -0.1) is 0 Å². The summed E-state index contributed by atoms with van der Waals surface area (Å²) in [6.07, 6.45) is 5.38. The van der Waals surface area contributed by atoms with Crippen LogP contribution in [0.5, 0.6) is 0 Å². The molecule has 3 aromatic rings. The van der Waals surface area contributed by atoms with Crippen LogP contribution >= 0.6 is 0 Å². The predicted molar refractivity (Wildman–Crippen MR) is 101 cm³/mol. The van der Waals surface area contributed by atoms with Gasteiger partial charge in [0.2, 0.25) is 5.91 Å². The zero-order valence-corrected chi connectivity index (χ0v) is 15.6. The number of likely N-dealkylation sites (tertiary alicyclic amines) is 1. The first-order valence-corrected chi connectivity index (χ1v) is 9.36. The maximum atomic E-state index is 13.1. The van der Waals surface area contributed by atoms with Gasteiger partial charge >= 0.3 is 0 Å². The molecule has 0 bridgehead atoms. The number of piperidine rings is 1. The maximum absolute atomic E-state index is 13.1. The third kappa shape index (κ3) is 3.93. The van der Waals surface area contributed by atoms with Crippen LogP contribution in [-0.4, -0.2) is 39.0 Å². The van der Waals surface area contributed by atoms with E-state index in [0.29, 0.717) is 12.3 Å². The summed E-state index contributed by atoms with van der Waals surface area (Å²) in [6, 6.07) is 7.94. The quantitative estimate of drug-likeness (QED) is 0.692. The Kier molecular flexibility index (Phi) is 5.14.